The van der Waals surface area contributed by atoms with Gasteiger partial charge in [0.2, 0.25) is 5.91 Å². The van der Waals surface area contributed by atoms with Crippen LogP contribution in [0.2, 0.25) is 10.0 Å². The second-order valence-electron chi connectivity index (χ2n) is 6.38. The molecular weight excluding hydrogens is 351 g/mol. The number of aliphatic carboxylic acids is 1. The van der Waals surface area contributed by atoms with Gasteiger partial charge >= 0.3 is 5.97 Å². The van der Waals surface area contributed by atoms with E-state index in [1.807, 2.05) is 13.8 Å². The predicted octanol–water partition coefficient (Wildman–Crippen LogP) is 3.12. The van der Waals surface area contributed by atoms with Crippen LogP contribution in [0.3, 0.4) is 0 Å². The summed E-state index contributed by atoms with van der Waals surface area (Å²) in [6, 6.07) is 4.28. The van der Waals surface area contributed by atoms with Gasteiger partial charge in [0.25, 0.3) is 0 Å². The zero-order chi connectivity index (χ0) is 18.3. The van der Waals surface area contributed by atoms with E-state index < -0.39 is 12.0 Å². The molecule has 0 saturated heterocycles. The first kappa shape index (κ1) is 20.7. The van der Waals surface area contributed by atoms with E-state index in [0.29, 0.717) is 22.5 Å². The van der Waals surface area contributed by atoms with E-state index in [1.54, 1.807) is 18.2 Å². The minimum absolute atomic E-state index is 0.0245. The summed E-state index contributed by atoms with van der Waals surface area (Å²) in [6.45, 7) is 4.33. The molecule has 0 saturated carbocycles. The van der Waals surface area contributed by atoms with E-state index in [-0.39, 0.29) is 24.7 Å². The minimum atomic E-state index is -0.868. The van der Waals surface area contributed by atoms with Crippen LogP contribution in [0.5, 0.6) is 0 Å². The molecule has 0 radical (unpaired) electrons. The largest absolute Gasteiger partial charge is 0.481 e. The first-order valence-corrected chi connectivity index (χ1v) is 8.63. The summed E-state index contributed by atoms with van der Waals surface area (Å²) >= 11 is 11.9. The number of nitrogens with two attached hydrogens (primary N) is 1. The lowest BCUT2D eigenvalue weighted by molar-refractivity contribution is -0.138. The third-order valence-corrected chi connectivity index (χ3v) is 4.21. The molecule has 24 heavy (non-hydrogen) atoms. The van der Waals surface area contributed by atoms with Gasteiger partial charge in [0.1, 0.15) is 0 Å². The van der Waals surface area contributed by atoms with Crippen molar-refractivity contribution in [3.8, 4) is 0 Å². The van der Waals surface area contributed by atoms with Gasteiger partial charge in [-0.25, -0.2) is 0 Å². The van der Waals surface area contributed by atoms with Crippen LogP contribution < -0.4 is 11.1 Å². The predicted molar refractivity (Wildman–Crippen MR) is 96.3 cm³/mol. The van der Waals surface area contributed by atoms with E-state index in [0.717, 1.165) is 12.0 Å². The van der Waals surface area contributed by atoms with E-state index in [2.05, 4.69) is 5.32 Å². The van der Waals surface area contributed by atoms with Gasteiger partial charge in [-0.15, -0.1) is 0 Å². The van der Waals surface area contributed by atoms with Crippen molar-refractivity contribution in [1.29, 1.82) is 0 Å². The van der Waals surface area contributed by atoms with Gasteiger partial charge < -0.3 is 16.2 Å². The van der Waals surface area contributed by atoms with Gasteiger partial charge in [0, 0.05) is 23.0 Å². The number of benzene rings is 1. The fourth-order valence-corrected chi connectivity index (χ4v) is 3.03. The van der Waals surface area contributed by atoms with Crippen LogP contribution in [0.15, 0.2) is 18.2 Å². The fourth-order valence-electron chi connectivity index (χ4n) is 2.55. The Kier molecular flexibility index (Phi) is 8.53. The number of hydrogen-bond acceptors (Lipinski definition) is 3. The molecule has 0 unspecified atom stereocenters. The van der Waals surface area contributed by atoms with E-state index in [1.165, 1.54) is 0 Å². The van der Waals surface area contributed by atoms with Gasteiger partial charge in [-0.1, -0.05) is 43.1 Å². The van der Waals surface area contributed by atoms with Crippen LogP contribution >= 0.6 is 23.2 Å². The molecule has 0 heterocycles. The molecule has 0 aliphatic rings. The smallest absolute Gasteiger partial charge is 0.303 e. The maximum Gasteiger partial charge on any atom is 0.303 e. The Morgan fingerprint density at radius 3 is 2.50 bits per heavy atom. The van der Waals surface area contributed by atoms with Gasteiger partial charge in [-0.2, -0.15) is 0 Å². The van der Waals surface area contributed by atoms with Crippen LogP contribution in [-0.4, -0.2) is 29.6 Å². The third-order valence-electron chi connectivity index (χ3n) is 3.62. The molecule has 5 nitrogen and oxygen atoms in total. The minimum Gasteiger partial charge on any atom is -0.481 e. The highest BCUT2D eigenvalue weighted by Crippen LogP contribution is 2.22. The number of carboxylic acid groups (broad SMARTS) is 1. The van der Waals surface area contributed by atoms with Crippen molar-refractivity contribution in [3.63, 3.8) is 0 Å². The first-order valence-electron chi connectivity index (χ1n) is 7.88. The molecule has 1 aromatic rings. The second-order valence-corrected chi connectivity index (χ2v) is 7.23. The fraction of sp³-hybridized carbons (Fsp3) is 0.529. The van der Waals surface area contributed by atoms with Gasteiger partial charge in [0.15, 0.2) is 0 Å². The molecule has 1 rings (SSSR count). The molecule has 0 spiro atoms. The Morgan fingerprint density at radius 1 is 1.29 bits per heavy atom. The number of carbonyl (C=O) groups is 2. The van der Waals surface area contributed by atoms with Crippen molar-refractivity contribution in [1.82, 2.24) is 5.32 Å². The molecule has 0 aromatic heterocycles. The van der Waals surface area contributed by atoms with Crippen LogP contribution in [0, 0.1) is 11.8 Å². The summed E-state index contributed by atoms with van der Waals surface area (Å²) in [5.74, 6) is -0.946. The Labute approximate surface area is 152 Å². The highest BCUT2D eigenvalue weighted by molar-refractivity contribution is 6.35. The standard InChI is InChI=1S/C17H24Cl2N2O3/c1-10(2)5-11(6-16(22)23)9-21-17(24)15(20)7-12-3-4-13(18)8-14(12)19/h3-4,8,10-11,15H,5-7,9,20H2,1-2H3,(H,21,24)(H,22,23)/t11-,15+/m0/s1. The van der Waals surface area contributed by atoms with Crippen molar-refractivity contribution >= 4 is 35.1 Å². The third kappa shape index (κ3) is 7.51. The molecule has 0 aliphatic heterocycles. The number of hydrogen-bond donors (Lipinski definition) is 3. The van der Waals surface area contributed by atoms with Gasteiger partial charge in [-0.3, -0.25) is 9.59 Å². The van der Waals surface area contributed by atoms with Gasteiger partial charge in [0.05, 0.1) is 6.04 Å². The molecule has 4 N–H and O–H groups in total. The molecular formula is C17H24Cl2N2O3. The van der Waals surface area contributed by atoms with Crippen LogP contribution in [0.1, 0.15) is 32.3 Å². The van der Waals surface area contributed by atoms with Crippen LogP contribution in [0.4, 0.5) is 0 Å². The molecule has 0 bridgehead atoms. The maximum atomic E-state index is 12.1. The Morgan fingerprint density at radius 2 is 1.96 bits per heavy atom. The summed E-state index contributed by atoms with van der Waals surface area (Å²) in [4.78, 5) is 23.1. The summed E-state index contributed by atoms with van der Waals surface area (Å²) in [5.41, 5.74) is 6.67. The summed E-state index contributed by atoms with van der Waals surface area (Å²) in [6.07, 6.45) is 1.04. The number of amides is 1. The van der Waals surface area contributed by atoms with Crippen LogP contribution in [-0.2, 0) is 16.0 Å². The van der Waals surface area contributed by atoms with E-state index >= 15 is 0 Å². The lowest BCUT2D eigenvalue weighted by Gasteiger charge is -2.19. The van der Waals surface area contributed by atoms with Crippen molar-refractivity contribution < 1.29 is 14.7 Å². The van der Waals surface area contributed by atoms with Crippen molar-refractivity contribution in [2.24, 2.45) is 17.6 Å². The van der Waals surface area contributed by atoms with E-state index in [9.17, 15) is 9.59 Å². The normalized spacial score (nSPS) is 13.6. The molecule has 134 valence electrons. The van der Waals surface area contributed by atoms with Crippen LogP contribution in [0.25, 0.3) is 0 Å². The highest BCUT2D eigenvalue weighted by Gasteiger charge is 2.19. The van der Waals surface area contributed by atoms with E-state index in [4.69, 9.17) is 34.0 Å². The van der Waals surface area contributed by atoms with Gasteiger partial charge in [-0.05, 0) is 42.4 Å². The quantitative estimate of drug-likeness (QED) is 0.618. The zero-order valence-corrected chi connectivity index (χ0v) is 15.4. The lowest BCUT2D eigenvalue weighted by Crippen LogP contribution is -2.44. The lowest BCUT2D eigenvalue weighted by atomic mass is 9.94. The average molecular weight is 375 g/mol. The van der Waals surface area contributed by atoms with Crippen molar-refractivity contribution in [3.05, 3.63) is 33.8 Å². The monoisotopic (exact) mass is 374 g/mol. The topological polar surface area (TPSA) is 92.4 Å². The first-order chi connectivity index (χ1) is 11.2. The number of carbonyl (C=O) groups excluding carboxylic acids is 1. The molecule has 2 atom stereocenters. The molecule has 1 aromatic carbocycles. The number of rotatable bonds is 9. The Hall–Kier alpha value is -1.30. The summed E-state index contributed by atoms with van der Waals surface area (Å²) < 4.78 is 0. The molecule has 0 fully saturated rings. The number of halogens is 2. The maximum absolute atomic E-state index is 12.1. The summed E-state index contributed by atoms with van der Waals surface area (Å²) in [7, 11) is 0. The average Bonchev–Trinajstić information content (AvgIpc) is 2.46. The second kappa shape index (κ2) is 9.87. The highest BCUT2D eigenvalue weighted by atomic mass is 35.5. The Bertz CT molecular complexity index is 579. The molecule has 1 amide bonds. The summed E-state index contributed by atoms with van der Waals surface area (Å²) in [5, 5.41) is 12.7. The zero-order valence-electron chi connectivity index (χ0n) is 13.9. The van der Waals surface area contributed by atoms with Crippen molar-refractivity contribution in [2.75, 3.05) is 6.54 Å². The number of carboxylic acids is 1. The van der Waals surface area contributed by atoms with Crippen molar-refractivity contribution in [2.45, 2.75) is 39.2 Å². The molecule has 7 heteroatoms. The SMILES string of the molecule is CC(C)C[C@H](CNC(=O)[C@H](N)Cc1ccc(Cl)cc1Cl)CC(=O)O. The molecule has 0 aliphatic carbocycles. The Balaban J connectivity index is 2.57. The number of nitrogens with one attached hydrogen (secondary N) is 1.